The maximum Gasteiger partial charge on any atom is 0.229 e. The van der Waals surface area contributed by atoms with Gasteiger partial charge in [0.15, 0.2) is 0 Å². The van der Waals surface area contributed by atoms with Gasteiger partial charge < -0.3 is 15.0 Å². The van der Waals surface area contributed by atoms with Crippen LogP contribution in [0.15, 0.2) is 54.7 Å². The molecule has 0 radical (unpaired) electrons. The van der Waals surface area contributed by atoms with Crippen molar-refractivity contribution in [3.05, 3.63) is 65.9 Å². The van der Waals surface area contributed by atoms with Crippen LogP contribution in [0.4, 0.5) is 23.1 Å². The van der Waals surface area contributed by atoms with Crippen LogP contribution in [0.1, 0.15) is 11.1 Å². The van der Waals surface area contributed by atoms with Gasteiger partial charge >= 0.3 is 0 Å². The van der Waals surface area contributed by atoms with E-state index in [0.717, 1.165) is 35.8 Å². The van der Waals surface area contributed by atoms with Crippen molar-refractivity contribution in [2.75, 3.05) is 23.9 Å². The molecule has 0 atom stereocenters. The van der Waals surface area contributed by atoms with Gasteiger partial charge in [0.05, 0.1) is 12.8 Å². The lowest BCUT2D eigenvalue weighted by Gasteiger charge is -2.19. The summed E-state index contributed by atoms with van der Waals surface area (Å²) >= 11 is 0. The Morgan fingerprint density at radius 3 is 2.88 bits per heavy atom. The van der Waals surface area contributed by atoms with Crippen LogP contribution >= 0.6 is 0 Å². The third kappa shape index (κ3) is 3.01. The van der Waals surface area contributed by atoms with E-state index in [1.54, 1.807) is 13.3 Å². The highest BCUT2D eigenvalue weighted by atomic mass is 16.5. The summed E-state index contributed by atoms with van der Waals surface area (Å²) in [5.74, 6) is 2.23. The Labute approximate surface area is 147 Å². The van der Waals surface area contributed by atoms with Crippen LogP contribution in [0.5, 0.6) is 5.75 Å². The quantitative estimate of drug-likeness (QED) is 0.775. The first-order valence-corrected chi connectivity index (χ1v) is 8.35. The van der Waals surface area contributed by atoms with Crippen molar-refractivity contribution in [3.8, 4) is 5.75 Å². The molecule has 1 aromatic heterocycles. The molecule has 0 aliphatic carbocycles. The van der Waals surface area contributed by atoms with E-state index in [-0.39, 0.29) is 0 Å². The molecule has 0 amide bonds. The Kier molecular flexibility index (Phi) is 3.98. The van der Waals surface area contributed by atoms with Crippen LogP contribution < -0.4 is 15.0 Å². The number of ether oxygens (including phenoxy) is 1. The molecule has 5 heteroatoms. The van der Waals surface area contributed by atoms with E-state index in [9.17, 15) is 0 Å². The largest absolute Gasteiger partial charge is 0.495 e. The molecule has 1 aliphatic heterocycles. The Bertz CT molecular complexity index is 910. The Balaban J connectivity index is 1.64. The van der Waals surface area contributed by atoms with Gasteiger partial charge in [-0.2, -0.15) is 4.98 Å². The lowest BCUT2D eigenvalue weighted by atomic mass is 10.2. The van der Waals surface area contributed by atoms with Gasteiger partial charge in [-0.15, -0.1) is 0 Å². The van der Waals surface area contributed by atoms with Crippen LogP contribution in [0.3, 0.4) is 0 Å². The number of para-hydroxylation sites is 1. The fourth-order valence-corrected chi connectivity index (χ4v) is 3.18. The number of aryl methyl sites for hydroxylation is 1. The number of benzene rings is 2. The Hall–Kier alpha value is -3.08. The number of methoxy groups -OCH3 is 1. The fraction of sp³-hybridized carbons (Fsp3) is 0.200. The molecule has 4 rings (SSSR count). The molecule has 0 fully saturated rings. The van der Waals surface area contributed by atoms with E-state index in [1.807, 2.05) is 31.2 Å². The van der Waals surface area contributed by atoms with E-state index in [0.29, 0.717) is 5.95 Å². The summed E-state index contributed by atoms with van der Waals surface area (Å²) in [4.78, 5) is 11.3. The summed E-state index contributed by atoms with van der Waals surface area (Å²) in [6.07, 6.45) is 2.82. The van der Waals surface area contributed by atoms with Gasteiger partial charge in [0, 0.05) is 18.4 Å². The van der Waals surface area contributed by atoms with Gasteiger partial charge in [0.1, 0.15) is 11.6 Å². The zero-order valence-electron chi connectivity index (χ0n) is 14.4. The molecule has 2 heterocycles. The minimum Gasteiger partial charge on any atom is -0.495 e. The van der Waals surface area contributed by atoms with Gasteiger partial charge in [-0.25, -0.2) is 4.98 Å². The zero-order chi connectivity index (χ0) is 17.2. The van der Waals surface area contributed by atoms with Gasteiger partial charge in [-0.1, -0.05) is 24.3 Å². The van der Waals surface area contributed by atoms with Crippen molar-refractivity contribution < 1.29 is 4.74 Å². The molecular formula is C20H20N4O. The number of hydrogen-bond donors (Lipinski definition) is 1. The summed E-state index contributed by atoms with van der Waals surface area (Å²) in [6.45, 7) is 2.98. The predicted octanol–water partition coefficient (Wildman–Crippen LogP) is 4.23. The molecule has 0 saturated heterocycles. The van der Waals surface area contributed by atoms with Crippen LogP contribution in [0.25, 0.3) is 0 Å². The fourth-order valence-electron chi connectivity index (χ4n) is 3.18. The second kappa shape index (κ2) is 6.43. The van der Waals surface area contributed by atoms with Crippen molar-refractivity contribution in [3.63, 3.8) is 0 Å². The third-order valence-electron chi connectivity index (χ3n) is 4.41. The number of nitrogens with zero attached hydrogens (tertiary/aromatic N) is 3. The molecule has 0 spiro atoms. The number of anilines is 4. The standard InChI is InChI=1S/C20H20N4O/c1-14-7-8-18(25-2)16(13-14)22-20-21-11-9-19(23-20)24-12-10-15-5-3-4-6-17(15)24/h3-9,11,13H,10,12H2,1-2H3,(H,21,22,23). The summed E-state index contributed by atoms with van der Waals surface area (Å²) < 4.78 is 5.42. The lowest BCUT2D eigenvalue weighted by Crippen LogP contribution is -2.15. The zero-order valence-corrected chi connectivity index (χ0v) is 14.4. The van der Waals surface area contributed by atoms with Crippen LogP contribution in [0, 0.1) is 6.92 Å². The molecule has 1 N–H and O–H groups in total. The third-order valence-corrected chi connectivity index (χ3v) is 4.41. The first-order valence-electron chi connectivity index (χ1n) is 8.35. The molecule has 126 valence electrons. The molecule has 3 aromatic rings. The van der Waals surface area contributed by atoms with Crippen molar-refractivity contribution in [2.24, 2.45) is 0 Å². The molecule has 0 saturated carbocycles. The van der Waals surface area contributed by atoms with Gasteiger partial charge in [-0.3, -0.25) is 0 Å². The van der Waals surface area contributed by atoms with E-state index in [4.69, 9.17) is 9.72 Å². The highest BCUT2D eigenvalue weighted by molar-refractivity contribution is 5.69. The summed E-state index contributed by atoms with van der Waals surface area (Å²) in [5.41, 5.74) is 4.59. The van der Waals surface area contributed by atoms with Gasteiger partial charge in [-0.05, 0) is 48.7 Å². The number of rotatable bonds is 4. The summed E-state index contributed by atoms with van der Waals surface area (Å²) in [5, 5.41) is 3.28. The lowest BCUT2D eigenvalue weighted by molar-refractivity contribution is 0.416. The predicted molar refractivity (Wildman–Crippen MR) is 100 cm³/mol. The molecule has 0 bridgehead atoms. The maximum absolute atomic E-state index is 5.42. The van der Waals surface area contributed by atoms with E-state index < -0.39 is 0 Å². The summed E-state index contributed by atoms with van der Waals surface area (Å²) in [6, 6.07) is 16.4. The second-order valence-electron chi connectivity index (χ2n) is 6.10. The monoisotopic (exact) mass is 332 g/mol. The topological polar surface area (TPSA) is 50.3 Å². The maximum atomic E-state index is 5.42. The molecule has 1 aliphatic rings. The van der Waals surface area contributed by atoms with Crippen LogP contribution in [0.2, 0.25) is 0 Å². The minimum absolute atomic E-state index is 0.561. The van der Waals surface area contributed by atoms with Crippen LogP contribution in [-0.2, 0) is 6.42 Å². The Morgan fingerprint density at radius 2 is 2.00 bits per heavy atom. The van der Waals surface area contributed by atoms with Crippen molar-refractivity contribution in [2.45, 2.75) is 13.3 Å². The van der Waals surface area contributed by atoms with E-state index >= 15 is 0 Å². The molecule has 5 nitrogen and oxygen atoms in total. The highest BCUT2D eigenvalue weighted by Crippen LogP contribution is 2.34. The van der Waals surface area contributed by atoms with Crippen molar-refractivity contribution in [1.82, 2.24) is 9.97 Å². The normalized spacial score (nSPS) is 12.8. The van der Waals surface area contributed by atoms with Gasteiger partial charge in [0.2, 0.25) is 5.95 Å². The van der Waals surface area contributed by atoms with E-state index in [1.165, 1.54) is 11.3 Å². The Morgan fingerprint density at radius 1 is 1.12 bits per heavy atom. The first kappa shape index (κ1) is 15.4. The number of hydrogen-bond acceptors (Lipinski definition) is 5. The second-order valence-corrected chi connectivity index (χ2v) is 6.10. The van der Waals surface area contributed by atoms with Crippen molar-refractivity contribution in [1.29, 1.82) is 0 Å². The molecule has 2 aromatic carbocycles. The molecular weight excluding hydrogens is 312 g/mol. The SMILES string of the molecule is COc1ccc(C)cc1Nc1nccc(N2CCc3ccccc32)n1. The smallest absolute Gasteiger partial charge is 0.229 e. The van der Waals surface area contributed by atoms with Gasteiger partial charge in [0.25, 0.3) is 0 Å². The number of aromatic nitrogens is 2. The molecule has 25 heavy (non-hydrogen) atoms. The average molecular weight is 332 g/mol. The van der Waals surface area contributed by atoms with Crippen LogP contribution in [-0.4, -0.2) is 23.6 Å². The summed E-state index contributed by atoms with van der Waals surface area (Å²) in [7, 11) is 1.66. The number of fused-ring (bicyclic) bond motifs is 1. The molecule has 0 unspecified atom stereocenters. The first-order chi connectivity index (χ1) is 12.2. The van der Waals surface area contributed by atoms with E-state index in [2.05, 4.69) is 39.5 Å². The highest BCUT2D eigenvalue weighted by Gasteiger charge is 2.21. The minimum atomic E-state index is 0.561. The number of nitrogens with one attached hydrogen (secondary N) is 1. The van der Waals surface area contributed by atoms with Crippen molar-refractivity contribution >= 4 is 23.1 Å². The average Bonchev–Trinajstić information content (AvgIpc) is 3.06.